The number of ether oxygens (including phenoxy) is 3. The van der Waals surface area contributed by atoms with Gasteiger partial charge in [-0.3, -0.25) is 0 Å². The Labute approximate surface area is 160 Å². The van der Waals surface area contributed by atoms with E-state index in [1.54, 1.807) is 0 Å². The standard InChI is InChI=1S/C19H18N2O5S/c22-15(10-23-9-13-6-7-16-17(8-13)25-12-24-16)11-27-19-21-20-18(26-19)14-4-2-1-3-5-14/h1-8,15,22H,9-12H2/t15-/m0/s1. The van der Waals surface area contributed by atoms with Crippen LogP contribution in [0.3, 0.4) is 0 Å². The fraction of sp³-hybridized carbons (Fsp3) is 0.263. The van der Waals surface area contributed by atoms with E-state index in [0.717, 1.165) is 22.6 Å². The minimum absolute atomic E-state index is 0.209. The molecule has 0 radical (unpaired) electrons. The van der Waals surface area contributed by atoms with E-state index < -0.39 is 6.10 Å². The second-order valence-corrected chi connectivity index (χ2v) is 6.88. The fourth-order valence-electron chi connectivity index (χ4n) is 2.52. The van der Waals surface area contributed by atoms with Gasteiger partial charge in [0.15, 0.2) is 11.5 Å². The SMILES string of the molecule is O[C@@H](COCc1ccc2c(c1)OCO2)CSc1nnc(-c2ccccc2)o1. The molecule has 0 amide bonds. The lowest BCUT2D eigenvalue weighted by molar-refractivity contribution is 0.0396. The molecular weight excluding hydrogens is 368 g/mol. The summed E-state index contributed by atoms with van der Waals surface area (Å²) in [5.74, 6) is 2.33. The van der Waals surface area contributed by atoms with E-state index in [0.29, 0.717) is 23.5 Å². The first kappa shape index (κ1) is 17.8. The Morgan fingerprint density at radius 2 is 1.93 bits per heavy atom. The molecule has 8 heteroatoms. The van der Waals surface area contributed by atoms with Gasteiger partial charge in [0, 0.05) is 11.3 Å². The highest BCUT2D eigenvalue weighted by Gasteiger charge is 2.14. The number of fused-ring (bicyclic) bond motifs is 1. The van der Waals surface area contributed by atoms with Crippen molar-refractivity contribution in [3.63, 3.8) is 0 Å². The van der Waals surface area contributed by atoms with Crippen LogP contribution < -0.4 is 9.47 Å². The zero-order valence-corrected chi connectivity index (χ0v) is 15.2. The van der Waals surface area contributed by atoms with Crippen molar-refractivity contribution in [3.05, 3.63) is 54.1 Å². The van der Waals surface area contributed by atoms with Crippen molar-refractivity contribution < 1.29 is 23.7 Å². The smallest absolute Gasteiger partial charge is 0.276 e. The van der Waals surface area contributed by atoms with Gasteiger partial charge in [-0.2, -0.15) is 0 Å². The normalized spacial score (nSPS) is 13.7. The van der Waals surface area contributed by atoms with Gasteiger partial charge >= 0.3 is 0 Å². The van der Waals surface area contributed by atoms with Crippen molar-refractivity contribution in [1.82, 2.24) is 10.2 Å². The molecule has 0 unspecified atom stereocenters. The van der Waals surface area contributed by atoms with Crippen LogP contribution in [0.4, 0.5) is 0 Å². The van der Waals surface area contributed by atoms with Crippen molar-refractivity contribution in [1.29, 1.82) is 0 Å². The topological polar surface area (TPSA) is 86.8 Å². The van der Waals surface area contributed by atoms with Crippen LogP contribution in [0, 0.1) is 0 Å². The van der Waals surface area contributed by atoms with Crippen LogP contribution in [0.15, 0.2) is 58.2 Å². The number of aliphatic hydroxyl groups is 1. The zero-order valence-electron chi connectivity index (χ0n) is 14.4. The predicted octanol–water partition coefficient (Wildman–Crippen LogP) is 3.14. The molecule has 1 aromatic heterocycles. The molecule has 0 saturated carbocycles. The van der Waals surface area contributed by atoms with E-state index in [2.05, 4.69) is 10.2 Å². The minimum atomic E-state index is -0.643. The Bertz CT molecular complexity index is 887. The summed E-state index contributed by atoms with van der Waals surface area (Å²) < 4.78 is 21.8. The molecule has 0 fully saturated rings. The average molecular weight is 386 g/mol. The molecule has 1 atom stereocenters. The maximum absolute atomic E-state index is 10.1. The Morgan fingerprint density at radius 1 is 1.07 bits per heavy atom. The molecule has 4 rings (SSSR count). The summed E-state index contributed by atoms with van der Waals surface area (Å²) in [5, 5.41) is 18.5. The van der Waals surface area contributed by atoms with Crippen LogP contribution in [0.2, 0.25) is 0 Å². The van der Waals surface area contributed by atoms with Gasteiger partial charge in [0.25, 0.3) is 5.22 Å². The molecule has 1 aliphatic heterocycles. The lowest BCUT2D eigenvalue weighted by atomic mass is 10.2. The molecule has 0 bridgehead atoms. The van der Waals surface area contributed by atoms with Gasteiger partial charge in [-0.1, -0.05) is 36.0 Å². The third kappa shape index (κ3) is 4.60. The van der Waals surface area contributed by atoms with Gasteiger partial charge in [-0.05, 0) is 29.8 Å². The third-order valence-electron chi connectivity index (χ3n) is 3.84. The molecule has 0 aliphatic carbocycles. The molecule has 7 nitrogen and oxygen atoms in total. The Hall–Kier alpha value is -2.55. The zero-order chi connectivity index (χ0) is 18.5. The third-order valence-corrected chi connectivity index (χ3v) is 4.81. The molecule has 0 saturated heterocycles. The molecule has 2 heterocycles. The van der Waals surface area contributed by atoms with Crippen LogP contribution >= 0.6 is 11.8 Å². The summed E-state index contributed by atoms with van der Waals surface area (Å²) >= 11 is 1.30. The van der Waals surface area contributed by atoms with Gasteiger partial charge in [0.05, 0.1) is 19.3 Å². The molecule has 3 aromatic rings. The maximum Gasteiger partial charge on any atom is 0.276 e. The van der Waals surface area contributed by atoms with Crippen molar-refractivity contribution in [2.45, 2.75) is 17.9 Å². The highest BCUT2D eigenvalue weighted by atomic mass is 32.2. The first-order chi connectivity index (χ1) is 13.3. The average Bonchev–Trinajstić information content (AvgIpc) is 3.36. The second-order valence-electron chi connectivity index (χ2n) is 5.91. The largest absolute Gasteiger partial charge is 0.454 e. The first-order valence-electron chi connectivity index (χ1n) is 8.44. The Balaban J connectivity index is 1.21. The highest BCUT2D eigenvalue weighted by molar-refractivity contribution is 7.99. The van der Waals surface area contributed by atoms with E-state index in [1.807, 2.05) is 48.5 Å². The molecule has 2 aromatic carbocycles. The number of benzene rings is 2. The Kier molecular flexibility index (Phi) is 5.57. The van der Waals surface area contributed by atoms with Crippen molar-refractivity contribution in [2.24, 2.45) is 0 Å². The fourth-order valence-corrected chi connectivity index (χ4v) is 3.19. The van der Waals surface area contributed by atoms with Crippen molar-refractivity contribution in [2.75, 3.05) is 19.2 Å². The van der Waals surface area contributed by atoms with Gasteiger partial charge in [0.2, 0.25) is 12.7 Å². The van der Waals surface area contributed by atoms with Crippen LogP contribution in [0.5, 0.6) is 11.5 Å². The number of hydrogen-bond donors (Lipinski definition) is 1. The number of nitrogens with zero attached hydrogens (tertiary/aromatic N) is 2. The number of aliphatic hydroxyl groups excluding tert-OH is 1. The van der Waals surface area contributed by atoms with E-state index in [1.165, 1.54) is 11.8 Å². The number of hydrogen-bond acceptors (Lipinski definition) is 8. The number of thioether (sulfide) groups is 1. The monoisotopic (exact) mass is 386 g/mol. The summed E-state index contributed by atoms with van der Waals surface area (Å²) in [6.07, 6.45) is -0.643. The summed E-state index contributed by atoms with van der Waals surface area (Å²) in [6, 6.07) is 15.2. The summed E-state index contributed by atoms with van der Waals surface area (Å²) in [7, 11) is 0. The quantitative estimate of drug-likeness (QED) is 0.591. The Morgan fingerprint density at radius 3 is 2.81 bits per heavy atom. The first-order valence-corrected chi connectivity index (χ1v) is 9.42. The van der Waals surface area contributed by atoms with E-state index in [-0.39, 0.29) is 13.4 Å². The van der Waals surface area contributed by atoms with Gasteiger partial charge < -0.3 is 23.7 Å². The van der Waals surface area contributed by atoms with Gasteiger partial charge in [-0.25, -0.2) is 0 Å². The van der Waals surface area contributed by atoms with Crippen molar-refractivity contribution >= 4 is 11.8 Å². The number of rotatable bonds is 8. The van der Waals surface area contributed by atoms with E-state index >= 15 is 0 Å². The molecule has 140 valence electrons. The van der Waals surface area contributed by atoms with E-state index in [4.69, 9.17) is 18.6 Å². The molecule has 27 heavy (non-hydrogen) atoms. The summed E-state index contributed by atoms with van der Waals surface area (Å²) in [5.41, 5.74) is 1.83. The second kappa shape index (κ2) is 8.43. The molecule has 1 aliphatic rings. The van der Waals surface area contributed by atoms with Crippen LogP contribution in [-0.2, 0) is 11.3 Å². The van der Waals surface area contributed by atoms with Crippen LogP contribution in [0.1, 0.15) is 5.56 Å². The van der Waals surface area contributed by atoms with Gasteiger partial charge in [-0.15, -0.1) is 10.2 Å². The molecule has 0 spiro atoms. The lowest BCUT2D eigenvalue weighted by Gasteiger charge is -2.10. The predicted molar refractivity (Wildman–Crippen MR) is 98.7 cm³/mol. The lowest BCUT2D eigenvalue weighted by Crippen LogP contribution is -2.17. The number of aromatic nitrogens is 2. The summed E-state index contributed by atoms with van der Waals surface area (Å²) in [6.45, 7) is 0.843. The van der Waals surface area contributed by atoms with Crippen LogP contribution in [-0.4, -0.2) is 40.6 Å². The highest BCUT2D eigenvalue weighted by Crippen LogP contribution is 2.32. The van der Waals surface area contributed by atoms with Crippen LogP contribution in [0.25, 0.3) is 11.5 Å². The molecule has 1 N–H and O–H groups in total. The van der Waals surface area contributed by atoms with Crippen molar-refractivity contribution in [3.8, 4) is 23.0 Å². The van der Waals surface area contributed by atoms with E-state index in [9.17, 15) is 5.11 Å². The van der Waals surface area contributed by atoms with Gasteiger partial charge in [0.1, 0.15) is 0 Å². The minimum Gasteiger partial charge on any atom is -0.454 e. The maximum atomic E-state index is 10.1. The molecular formula is C19H18N2O5S. The summed E-state index contributed by atoms with van der Waals surface area (Å²) in [4.78, 5) is 0.